The standard InChI is InChI=1S/C9H15N3O2.ClH/c1-3-6-14-8-12-5-4-11(2)9(12)7-10-13;/h3-5,7,9,13H,1,6,8H2,2H3;1H/b10-7-;. The predicted molar refractivity (Wildman–Crippen MR) is 52.9 cm³/mol. The molecule has 2 unspecified atom stereocenters. The summed E-state index contributed by atoms with van der Waals surface area (Å²) in [5, 5.41) is 11.5. The zero-order valence-corrected chi connectivity index (χ0v) is 9.39. The molecule has 0 aromatic carbocycles. The first-order chi connectivity index (χ1) is 6.79. The highest BCUT2D eigenvalue weighted by atomic mass is 35.5. The molecule has 0 bridgehead atoms. The first-order valence-electron chi connectivity index (χ1n) is 4.41. The van der Waals surface area contributed by atoms with Crippen molar-refractivity contribution in [2.75, 3.05) is 20.4 Å². The third kappa shape index (κ3) is 3.91. The number of nitrogens with zero attached hydrogens (tertiary/aromatic N) is 2. The number of oxime groups is 1. The van der Waals surface area contributed by atoms with Crippen LogP contribution in [0, 0.1) is 0 Å². The Morgan fingerprint density at radius 2 is 2.47 bits per heavy atom. The van der Waals surface area contributed by atoms with Crippen molar-refractivity contribution >= 4 is 6.21 Å². The van der Waals surface area contributed by atoms with Crippen molar-refractivity contribution in [3.8, 4) is 0 Å². The number of quaternary nitrogens is 1. The lowest BCUT2D eigenvalue weighted by atomic mass is 10.5. The number of halogens is 1. The van der Waals surface area contributed by atoms with E-state index in [-0.39, 0.29) is 18.6 Å². The van der Waals surface area contributed by atoms with Crippen molar-refractivity contribution in [2.45, 2.75) is 6.17 Å². The van der Waals surface area contributed by atoms with Gasteiger partial charge in [0, 0.05) is 7.05 Å². The van der Waals surface area contributed by atoms with Gasteiger partial charge < -0.3 is 27.3 Å². The topological polar surface area (TPSA) is 49.5 Å². The van der Waals surface area contributed by atoms with Gasteiger partial charge >= 0.3 is 0 Å². The Kier molecular flexibility index (Phi) is 6.77. The lowest BCUT2D eigenvalue weighted by Gasteiger charge is -2.20. The Morgan fingerprint density at radius 1 is 1.73 bits per heavy atom. The van der Waals surface area contributed by atoms with Crippen LogP contribution in [0.15, 0.2) is 30.2 Å². The zero-order chi connectivity index (χ0) is 10.4. The zero-order valence-electron chi connectivity index (χ0n) is 8.64. The number of nitrogens with one attached hydrogen (secondary N) is 1. The van der Waals surface area contributed by atoms with Crippen LogP contribution in [0.4, 0.5) is 0 Å². The largest absolute Gasteiger partial charge is 1.00 e. The van der Waals surface area contributed by atoms with Crippen LogP contribution in [0.25, 0.3) is 0 Å². The van der Waals surface area contributed by atoms with Crippen LogP contribution in [-0.4, -0.2) is 42.9 Å². The number of hydrogen-bond donors (Lipinski definition) is 2. The first kappa shape index (κ1) is 14.0. The van der Waals surface area contributed by atoms with Crippen LogP contribution in [0.2, 0.25) is 0 Å². The van der Waals surface area contributed by atoms with Gasteiger partial charge in [0.25, 0.3) is 0 Å². The Labute approximate surface area is 95.7 Å². The Bertz CT molecular complexity index is 246. The second kappa shape index (κ2) is 7.28. The lowest BCUT2D eigenvalue weighted by molar-refractivity contribution is -0.885. The van der Waals surface area contributed by atoms with Crippen LogP contribution >= 0.6 is 0 Å². The molecule has 0 saturated heterocycles. The summed E-state index contributed by atoms with van der Waals surface area (Å²) in [7, 11) is 1.92. The van der Waals surface area contributed by atoms with Crippen LogP contribution < -0.4 is 17.3 Å². The Morgan fingerprint density at radius 3 is 3.07 bits per heavy atom. The van der Waals surface area contributed by atoms with E-state index in [1.165, 1.54) is 6.21 Å². The molecule has 0 amide bonds. The van der Waals surface area contributed by atoms with Crippen LogP contribution in [0.3, 0.4) is 0 Å². The molecule has 0 aromatic rings. The van der Waals surface area contributed by atoms with E-state index in [1.54, 1.807) is 6.08 Å². The fourth-order valence-corrected chi connectivity index (χ4v) is 1.32. The van der Waals surface area contributed by atoms with Gasteiger partial charge in [0.15, 0.2) is 6.73 Å². The van der Waals surface area contributed by atoms with Gasteiger partial charge in [0.2, 0.25) is 6.17 Å². The number of rotatable bonds is 5. The highest BCUT2D eigenvalue weighted by Crippen LogP contribution is 1.93. The average molecular weight is 234 g/mol. The molecular formula is C9H16ClN3O2. The summed E-state index contributed by atoms with van der Waals surface area (Å²) in [6.45, 7) is 4.63. The van der Waals surface area contributed by atoms with E-state index in [2.05, 4.69) is 11.7 Å². The van der Waals surface area contributed by atoms with Gasteiger partial charge in [-0.15, -0.1) is 6.58 Å². The molecule has 0 radical (unpaired) electrons. The van der Waals surface area contributed by atoms with Crippen LogP contribution in [0.1, 0.15) is 0 Å². The van der Waals surface area contributed by atoms with Crippen molar-refractivity contribution in [2.24, 2.45) is 5.16 Å². The summed E-state index contributed by atoms with van der Waals surface area (Å²) in [5.74, 6) is 0. The molecule has 1 aliphatic heterocycles. The highest BCUT2D eigenvalue weighted by Gasteiger charge is 2.26. The Balaban J connectivity index is 0.00000196. The molecule has 15 heavy (non-hydrogen) atoms. The lowest BCUT2D eigenvalue weighted by Crippen LogP contribution is -3.12. The first-order valence-corrected chi connectivity index (χ1v) is 4.41. The third-order valence-corrected chi connectivity index (χ3v) is 2.05. The van der Waals surface area contributed by atoms with E-state index in [1.807, 2.05) is 24.3 Å². The van der Waals surface area contributed by atoms with Crippen molar-refractivity contribution in [1.82, 2.24) is 4.90 Å². The molecule has 6 heteroatoms. The maximum absolute atomic E-state index is 8.48. The summed E-state index contributed by atoms with van der Waals surface area (Å²) in [6, 6.07) is 0. The maximum atomic E-state index is 8.48. The molecule has 1 rings (SSSR count). The van der Waals surface area contributed by atoms with Gasteiger partial charge in [-0.25, -0.2) is 0 Å². The summed E-state index contributed by atoms with van der Waals surface area (Å²) >= 11 is 0. The summed E-state index contributed by atoms with van der Waals surface area (Å²) in [4.78, 5) is 3.03. The minimum absolute atomic E-state index is 0. The molecule has 0 aliphatic carbocycles. The molecule has 0 fully saturated rings. The molecule has 0 aromatic heterocycles. The number of ether oxygens (including phenoxy) is 1. The SMILES string of the molecule is C=CCOC[NH+]1C=CN(C)C1/C=N\O.[Cl-]. The van der Waals surface area contributed by atoms with Gasteiger partial charge in [0.1, 0.15) is 12.4 Å². The molecule has 0 spiro atoms. The summed E-state index contributed by atoms with van der Waals surface area (Å²) in [5.41, 5.74) is 0. The minimum Gasteiger partial charge on any atom is -1.00 e. The van der Waals surface area contributed by atoms with Crippen molar-refractivity contribution in [3.63, 3.8) is 0 Å². The average Bonchev–Trinajstić information content (AvgIpc) is 2.51. The fraction of sp³-hybridized carbons (Fsp3) is 0.444. The maximum Gasteiger partial charge on any atom is 0.209 e. The Hall–Kier alpha value is -1.04. The second-order valence-corrected chi connectivity index (χ2v) is 3.07. The van der Waals surface area contributed by atoms with Gasteiger partial charge in [0.05, 0.1) is 12.8 Å². The van der Waals surface area contributed by atoms with Crippen molar-refractivity contribution in [3.05, 3.63) is 25.1 Å². The third-order valence-electron chi connectivity index (χ3n) is 2.05. The molecule has 5 nitrogen and oxygen atoms in total. The molecule has 0 saturated carbocycles. The predicted octanol–water partition coefficient (Wildman–Crippen LogP) is -3.76. The normalized spacial score (nSPS) is 24.5. The van der Waals surface area contributed by atoms with E-state index in [4.69, 9.17) is 9.94 Å². The molecule has 1 heterocycles. The molecule has 1 aliphatic rings. The number of hydrogen-bond acceptors (Lipinski definition) is 4. The smallest absolute Gasteiger partial charge is 0.209 e. The van der Waals surface area contributed by atoms with E-state index in [9.17, 15) is 0 Å². The highest BCUT2D eigenvalue weighted by molar-refractivity contribution is 5.61. The molecule has 2 atom stereocenters. The van der Waals surface area contributed by atoms with Crippen LogP contribution in [0.5, 0.6) is 0 Å². The monoisotopic (exact) mass is 233 g/mol. The second-order valence-electron chi connectivity index (χ2n) is 3.07. The van der Waals surface area contributed by atoms with Gasteiger partial charge in [-0.05, 0) is 0 Å². The molecular weight excluding hydrogens is 218 g/mol. The van der Waals surface area contributed by atoms with E-state index < -0.39 is 0 Å². The minimum atomic E-state index is 0. The van der Waals surface area contributed by atoms with E-state index in [0.717, 1.165) is 4.90 Å². The van der Waals surface area contributed by atoms with Crippen LogP contribution in [-0.2, 0) is 4.74 Å². The van der Waals surface area contributed by atoms with Crippen molar-refractivity contribution in [1.29, 1.82) is 0 Å². The molecule has 86 valence electrons. The molecule has 2 N–H and O–H groups in total. The fourth-order valence-electron chi connectivity index (χ4n) is 1.32. The quantitative estimate of drug-likeness (QED) is 0.169. The summed E-state index contributed by atoms with van der Waals surface area (Å²) in [6.07, 6.45) is 7.09. The van der Waals surface area contributed by atoms with Gasteiger partial charge in [-0.3, -0.25) is 4.90 Å². The van der Waals surface area contributed by atoms with Gasteiger partial charge in [-0.1, -0.05) is 11.2 Å². The van der Waals surface area contributed by atoms with E-state index in [0.29, 0.717) is 13.3 Å². The summed E-state index contributed by atoms with van der Waals surface area (Å²) < 4.78 is 5.32. The van der Waals surface area contributed by atoms with Gasteiger partial charge in [-0.2, -0.15) is 0 Å². The van der Waals surface area contributed by atoms with E-state index >= 15 is 0 Å². The van der Waals surface area contributed by atoms with Crippen molar-refractivity contribution < 1.29 is 27.3 Å².